The van der Waals surface area contributed by atoms with E-state index in [0.29, 0.717) is 26.1 Å². The largest absolute Gasteiger partial charge is 0.463 e. The summed E-state index contributed by atoms with van der Waals surface area (Å²) in [4.78, 5) is 13.4. The zero-order valence-electron chi connectivity index (χ0n) is 13.5. The summed E-state index contributed by atoms with van der Waals surface area (Å²) < 4.78 is 10.2. The molecule has 0 spiro atoms. The Labute approximate surface area is 132 Å². The third kappa shape index (κ3) is 8.12. The average molecular weight is 309 g/mol. The van der Waals surface area contributed by atoms with Gasteiger partial charge in [0.25, 0.3) is 0 Å². The highest BCUT2D eigenvalue weighted by atomic mass is 16.5. The van der Waals surface area contributed by atoms with E-state index in [-0.39, 0.29) is 12.6 Å². The summed E-state index contributed by atoms with van der Waals surface area (Å²) in [5.74, 6) is -0.256. The molecule has 0 amide bonds. The Morgan fingerprint density at radius 1 is 1.32 bits per heavy atom. The molecule has 1 rings (SSSR count). The maximum atomic E-state index is 11.3. The van der Waals surface area contributed by atoms with Crippen molar-refractivity contribution in [2.75, 3.05) is 33.4 Å². The molecule has 1 atom stereocenters. The minimum atomic E-state index is -0.693. The number of aliphatic hydroxyl groups excluding tert-OH is 1. The Morgan fingerprint density at radius 2 is 2.05 bits per heavy atom. The Hall–Kier alpha value is -1.43. The number of hydrogen-bond donors (Lipinski definition) is 1. The second-order valence-electron chi connectivity index (χ2n) is 5.30. The number of carbonyl (C=O) groups excluding carboxylic acids is 1. The topological polar surface area (TPSA) is 59.0 Å². The second-order valence-corrected chi connectivity index (χ2v) is 5.30. The molecule has 0 aliphatic heterocycles. The van der Waals surface area contributed by atoms with E-state index in [9.17, 15) is 9.90 Å². The van der Waals surface area contributed by atoms with Gasteiger partial charge in [-0.25, -0.2) is 0 Å². The third-order valence-corrected chi connectivity index (χ3v) is 3.22. The molecule has 1 N–H and O–H groups in total. The van der Waals surface area contributed by atoms with Gasteiger partial charge in [0.15, 0.2) is 0 Å². The van der Waals surface area contributed by atoms with Gasteiger partial charge in [0, 0.05) is 33.2 Å². The molecule has 0 heterocycles. The summed E-state index contributed by atoms with van der Waals surface area (Å²) in [6.07, 6.45) is 0.453. The lowest BCUT2D eigenvalue weighted by Gasteiger charge is -2.24. The molecule has 0 aromatic heterocycles. The number of carbonyl (C=O) groups is 1. The molecule has 0 aliphatic rings. The molecule has 5 nitrogen and oxygen atoms in total. The fourth-order valence-electron chi connectivity index (χ4n) is 2.11. The lowest BCUT2D eigenvalue weighted by Crippen LogP contribution is -2.37. The molecule has 0 aliphatic carbocycles. The lowest BCUT2D eigenvalue weighted by molar-refractivity contribution is -0.147. The summed E-state index contributed by atoms with van der Waals surface area (Å²) in [6.45, 7) is 4.43. The number of hydrogen-bond acceptors (Lipinski definition) is 5. The Bertz CT molecular complexity index is 410. The van der Waals surface area contributed by atoms with Gasteiger partial charge in [0.1, 0.15) is 12.7 Å². The average Bonchev–Trinajstić information content (AvgIpc) is 2.52. The van der Waals surface area contributed by atoms with E-state index >= 15 is 0 Å². The first-order valence-electron chi connectivity index (χ1n) is 7.74. The van der Waals surface area contributed by atoms with Crippen LogP contribution in [0.25, 0.3) is 0 Å². The van der Waals surface area contributed by atoms with E-state index < -0.39 is 6.10 Å². The number of aliphatic hydroxyl groups is 1. The predicted octanol–water partition coefficient (Wildman–Crippen LogP) is 1.84. The molecule has 5 heteroatoms. The fourth-order valence-corrected chi connectivity index (χ4v) is 2.11. The summed E-state index contributed by atoms with van der Waals surface area (Å²) >= 11 is 0. The van der Waals surface area contributed by atoms with Crippen LogP contribution in [0.15, 0.2) is 30.3 Å². The summed E-state index contributed by atoms with van der Waals surface area (Å²) in [5.41, 5.74) is 1.17. The molecule has 0 saturated heterocycles. The van der Waals surface area contributed by atoms with Crippen molar-refractivity contribution in [3.05, 3.63) is 35.9 Å². The van der Waals surface area contributed by atoms with Crippen LogP contribution in [0.5, 0.6) is 0 Å². The van der Waals surface area contributed by atoms with Crippen LogP contribution in [0.1, 0.15) is 25.3 Å². The highest BCUT2D eigenvalue weighted by Gasteiger charge is 2.14. The van der Waals surface area contributed by atoms with Crippen LogP contribution in [-0.2, 0) is 20.8 Å². The smallest absolute Gasteiger partial charge is 0.305 e. The van der Waals surface area contributed by atoms with Gasteiger partial charge in [0.05, 0.1) is 6.61 Å². The third-order valence-electron chi connectivity index (χ3n) is 3.22. The van der Waals surface area contributed by atoms with Crippen LogP contribution in [0.4, 0.5) is 0 Å². The van der Waals surface area contributed by atoms with Gasteiger partial charge in [-0.15, -0.1) is 0 Å². The number of benzene rings is 1. The van der Waals surface area contributed by atoms with Gasteiger partial charge in [-0.05, 0) is 12.0 Å². The second kappa shape index (κ2) is 11.2. The standard InChI is InChI=1S/C17H27NO4/c1-3-7-17(20)22-14-16(19)13-18(10-11-21-2)12-15-8-5-4-6-9-15/h4-6,8-9,16,19H,3,7,10-14H2,1-2H3. The first-order chi connectivity index (χ1) is 10.7. The first kappa shape index (κ1) is 18.6. The van der Waals surface area contributed by atoms with Crippen molar-refractivity contribution in [2.45, 2.75) is 32.4 Å². The van der Waals surface area contributed by atoms with Crippen molar-refractivity contribution >= 4 is 5.97 Å². The predicted molar refractivity (Wildman–Crippen MR) is 85.5 cm³/mol. The SMILES string of the molecule is CCCC(=O)OCC(O)CN(CCOC)Cc1ccccc1. The highest BCUT2D eigenvalue weighted by Crippen LogP contribution is 2.06. The molecule has 22 heavy (non-hydrogen) atoms. The quantitative estimate of drug-likeness (QED) is 0.632. The van der Waals surface area contributed by atoms with Crippen LogP contribution in [0.3, 0.4) is 0 Å². The minimum absolute atomic E-state index is 0.0388. The molecule has 124 valence electrons. The van der Waals surface area contributed by atoms with Crippen molar-refractivity contribution in [1.82, 2.24) is 4.90 Å². The van der Waals surface area contributed by atoms with Crippen molar-refractivity contribution in [2.24, 2.45) is 0 Å². The van der Waals surface area contributed by atoms with Gasteiger partial charge >= 0.3 is 5.97 Å². The summed E-state index contributed by atoms with van der Waals surface area (Å²) in [6, 6.07) is 10.1. The molecule has 0 radical (unpaired) electrons. The molecule has 0 fully saturated rings. The molecule has 1 aromatic carbocycles. The lowest BCUT2D eigenvalue weighted by atomic mass is 10.2. The summed E-state index contributed by atoms with van der Waals surface area (Å²) in [5, 5.41) is 10.1. The van der Waals surface area contributed by atoms with E-state index in [1.807, 2.05) is 37.3 Å². The van der Waals surface area contributed by atoms with Gasteiger partial charge in [-0.3, -0.25) is 9.69 Å². The molecular weight excluding hydrogens is 282 g/mol. The minimum Gasteiger partial charge on any atom is -0.463 e. The number of ether oxygens (including phenoxy) is 2. The van der Waals surface area contributed by atoms with E-state index in [0.717, 1.165) is 13.0 Å². The fraction of sp³-hybridized carbons (Fsp3) is 0.588. The van der Waals surface area contributed by atoms with E-state index in [4.69, 9.17) is 9.47 Å². The van der Waals surface area contributed by atoms with Crippen LogP contribution in [-0.4, -0.2) is 55.5 Å². The molecule has 0 bridgehead atoms. The monoisotopic (exact) mass is 309 g/mol. The summed E-state index contributed by atoms with van der Waals surface area (Å²) in [7, 11) is 1.66. The molecule has 0 saturated carbocycles. The number of methoxy groups -OCH3 is 1. The Morgan fingerprint density at radius 3 is 2.68 bits per heavy atom. The molecule has 1 unspecified atom stereocenters. The van der Waals surface area contributed by atoms with E-state index in [1.165, 1.54) is 5.56 Å². The van der Waals surface area contributed by atoms with Gasteiger partial charge < -0.3 is 14.6 Å². The zero-order chi connectivity index (χ0) is 16.2. The Balaban J connectivity index is 2.44. The number of rotatable bonds is 11. The van der Waals surface area contributed by atoms with Crippen molar-refractivity contribution < 1.29 is 19.4 Å². The maximum absolute atomic E-state index is 11.3. The maximum Gasteiger partial charge on any atom is 0.305 e. The molecular formula is C17H27NO4. The first-order valence-corrected chi connectivity index (χ1v) is 7.74. The number of nitrogens with zero attached hydrogens (tertiary/aromatic N) is 1. The Kier molecular flexibility index (Phi) is 9.46. The van der Waals surface area contributed by atoms with Crippen LogP contribution < -0.4 is 0 Å². The van der Waals surface area contributed by atoms with Gasteiger partial charge in [-0.2, -0.15) is 0 Å². The van der Waals surface area contributed by atoms with Crippen LogP contribution >= 0.6 is 0 Å². The van der Waals surface area contributed by atoms with E-state index in [2.05, 4.69) is 4.90 Å². The zero-order valence-corrected chi connectivity index (χ0v) is 13.5. The normalized spacial score (nSPS) is 12.4. The van der Waals surface area contributed by atoms with Gasteiger partial charge in [-0.1, -0.05) is 37.3 Å². The van der Waals surface area contributed by atoms with Crippen molar-refractivity contribution in [3.63, 3.8) is 0 Å². The van der Waals surface area contributed by atoms with Crippen molar-refractivity contribution in [3.8, 4) is 0 Å². The molecule has 1 aromatic rings. The number of esters is 1. The van der Waals surface area contributed by atoms with Crippen LogP contribution in [0, 0.1) is 0 Å². The van der Waals surface area contributed by atoms with Crippen molar-refractivity contribution in [1.29, 1.82) is 0 Å². The van der Waals surface area contributed by atoms with E-state index in [1.54, 1.807) is 7.11 Å². The van der Waals surface area contributed by atoms with Crippen LogP contribution in [0.2, 0.25) is 0 Å². The highest BCUT2D eigenvalue weighted by molar-refractivity contribution is 5.69. The van der Waals surface area contributed by atoms with Gasteiger partial charge in [0.2, 0.25) is 0 Å².